The number of benzene rings is 1. The van der Waals surface area contributed by atoms with E-state index in [0.717, 1.165) is 0 Å². The van der Waals surface area contributed by atoms with E-state index in [0.29, 0.717) is 5.56 Å². The molecule has 0 saturated carbocycles. The Balaban J connectivity index is 0.000000671. The molecule has 2 N–H and O–H groups in total. The Bertz CT molecular complexity index is 274. The van der Waals surface area contributed by atoms with E-state index in [-0.39, 0.29) is 18.0 Å². The van der Waals surface area contributed by atoms with Crippen LogP contribution in [0.2, 0.25) is 0 Å². The second-order valence-corrected chi connectivity index (χ2v) is 2.06. The summed E-state index contributed by atoms with van der Waals surface area (Å²) in [5, 5.41) is 20.2. The van der Waals surface area contributed by atoms with E-state index in [9.17, 15) is 4.91 Å². The van der Waals surface area contributed by atoms with Gasteiger partial charge in [-0.1, -0.05) is 13.8 Å². The number of nitrogens with zero attached hydrogens (tertiary/aromatic N) is 1. The van der Waals surface area contributed by atoms with Crippen LogP contribution in [0.4, 0.5) is 5.69 Å². The number of hydrogen-bond donors (Lipinski definition) is 2. The van der Waals surface area contributed by atoms with E-state index in [1.807, 2.05) is 13.8 Å². The van der Waals surface area contributed by atoms with Crippen molar-refractivity contribution in [2.45, 2.75) is 20.5 Å². The Morgan fingerprint density at radius 3 is 2.46 bits per heavy atom. The first-order valence-electron chi connectivity index (χ1n) is 4.04. The number of aliphatic hydroxyl groups excluding tert-OH is 1. The van der Waals surface area contributed by atoms with Gasteiger partial charge in [0, 0.05) is 5.56 Å². The van der Waals surface area contributed by atoms with Gasteiger partial charge in [-0.15, -0.1) is 4.91 Å². The van der Waals surface area contributed by atoms with Crippen LogP contribution in [0.3, 0.4) is 0 Å². The van der Waals surface area contributed by atoms with E-state index in [1.54, 1.807) is 0 Å². The van der Waals surface area contributed by atoms with Gasteiger partial charge in [0.25, 0.3) is 0 Å². The summed E-state index contributed by atoms with van der Waals surface area (Å²) in [6.45, 7) is 3.70. The topological polar surface area (TPSA) is 69.9 Å². The number of phenolic OH excluding ortho intramolecular Hbond substituents is 1. The maximum atomic E-state index is 10.1. The van der Waals surface area contributed by atoms with Gasteiger partial charge in [-0.3, -0.25) is 0 Å². The Hall–Kier alpha value is -1.42. The smallest absolute Gasteiger partial charge is 0.116 e. The highest BCUT2D eigenvalue weighted by molar-refractivity contribution is 5.48. The molecule has 0 amide bonds. The van der Waals surface area contributed by atoms with E-state index < -0.39 is 0 Å². The van der Waals surface area contributed by atoms with Crippen LogP contribution in [-0.4, -0.2) is 10.2 Å². The van der Waals surface area contributed by atoms with Crippen molar-refractivity contribution in [1.82, 2.24) is 0 Å². The van der Waals surface area contributed by atoms with E-state index in [4.69, 9.17) is 10.2 Å². The molecule has 72 valence electrons. The zero-order valence-electron chi connectivity index (χ0n) is 7.69. The second kappa shape index (κ2) is 6.14. The summed E-state index contributed by atoms with van der Waals surface area (Å²) in [5.74, 6) is 0.0152. The Morgan fingerprint density at radius 1 is 1.38 bits per heavy atom. The molecule has 0 heterocycles. The van der Waals surface area contributed by atoms with Crippen molar-refractivity contribution in [2.75, 3.05) is 0 Å². The van der Waals surface area contributed by atoms with Crippen LogP contribution >= 0.6 is 0 Å². The Morgan fingerprint density at radius 2 is 2.00 bits per heavy atom. The van der Waals surface area contributed by atoms with E-state index >= 15 is 0 Å². The third-order valence-electron chi connectivity index (χ3n) is 1.33. The van der Waals surface area contributed by atoms with Gasteiger partial charge in [0.1, 0.15) is 11.4 Å². The van der Waals surface area contributed by atoms with Crippen molar-refractivity contribution in [3.05, 3.63) is 28.7 Å². The fraction of sp³-hybridized carbons (Fsp3) is 0.333. The molecule has 13 heavy (non-hydrogen) atoms. The van der Waals surface area contributed by atoms with Gasteiger partial charge in [0.2, 0.25) is 0 Å². The van der Waals surface area contributed by atoms with Crippen LogP contribution in [0, 0.1) is 4.91 Å². The molecule has 0 bridgehead atoms. The highest BCUT2D eigenvalue weighted by Gasteiger charge is 2.01. The lowest BCUT2D eigenvalue weighted by Gasteiger charge is -1.98. The summed E-state index contributed by atoms with van der Waals surface area (Å²) in [7, 11) is 0. The molecule has 4 heteroatoms. The van der Waals surface area contributed by atoms with Gasteiger partial charge in [-0.2, -0.15) is 0 Å². The van der Waals surface area contributed by atoms with Crippen LogP contribution < -0.4 is 0 Å². The third-order valence-corrected chi connectivity index (χ3v) is 1.33. The number of hydrogen-bond acceptors (Lipinski definition) is 4. The van der Waals surface area contributed by atoms with Crippen LogP contribution in [-0.2, 0) is 6.61 Å². The Labute approximate surface area is 76.8 Å². The number of aromatic hydroxyl groups is 1. The Kier molecular flexibility index (Phi) is 5.47. The first-order chi connectivity index (χ1) is 6.27. The number of rotatable bonds is 2. The lowest BCUT2D eigenvalue weighted by molar-refractivity contribution is 0.281. The molecule has 0 atom stereocenters. The summed E-state index contributed by atoms with van der Waals surface area (Å²) in [5.41, 5.74) is 0.491. The fourth-order valence-corrected chi connectivity index (χ4v) is 0.788. The molecule has 1 rings (SSSR count). The van der Waals surface area contributed by atoms with Crippen molar-refractivity contribution >= 4 is 5.69 Å². The number of nitroso groups, excluding NO2 is 1. The molecule has 0 aromatic heterocycles. The molecule has 0 spiro atoms. The average Bonchev–Trinajstić information content (AvgIpc) is 2.20. The van der Waals surface area contributed by atoms with Gasteiger partial charge < -0.3 is 10.2 Å². The standard InChI is InChI=1S/C7H7NO3.C2H6/c9-4-5-3-6(10)1-2-7(5)8-11;1-2/h1-3,9-10H,4H2;1-2H3. The summed E-state index contributed by atoms with van der Waals surface area (Å²) in [6.07, 6.45) is 0. The average molecular weight is 183 g/mol. The fourth-order valence-electron chi connectivity index (χ4n) is 0.788. The molecule has 0 saturated heterocycles. The molecule has 0 aliphatic carbocycles. The highest BCUT2D eigenvalue weighted by atomic mass is 16.3. The van der Waals surface area contributed by atoms with Gasteiger partial charge >= 0.3 is 0 Å². The van der Waals surface area contributed by atoms with Crippen LogP contribution in [0.25, 0.3) is 0 Å². The monoisotopic (exact) mass is 183 g/mol. The molecular weight excluding hydrogens is 170 g/mol. The SMILES string of the molecule is CC.O=Nc1ccc(O)cc1CO. The van der Waals surface area contributed by atoms with E-state index in [2.05, 4.69) is 5.18 Å². The molecule has 0 aliphatic rings. The summed E-state index contributed by atoms with van der Waals surface area (Å²) < 4.78 is 0. The summed E-state index contributed by atoms with van der Waals surface area (Å²) >= 11 is 0. The quantitative estimate of drug-likeness (QED) is 0.691. The molecule has 0 radical (unpaired) electrons. The first-order valence-corrected chi connectivity index (χ1v) is 4.04. The molecular formula is C9H13NO3. The van der Waals surface area contributed by atoms with Gasteiger partial charge in [0.15, 0.2) is 0 Å². The third kappa shape index (κ3) is 3.21. The number of phenols is 1. The predicted molar refractivity (Wildman–Crippen MR) is 50.8 cm³/mol. The molecule has 1 aromatic carbocycles. The molecule has 0 unspecified atom stereocenters. The second-order valence-electron chi connectivity index (χ2n) is 2.06. The van der Waals surface area contributed by atoms with Crippen molar-refractivity contribution < 1.29 is 10.2 Å². The summed E-state index contributed by atoms with van der Waals surface area (Å²) in [6, 6.07) is 4.00. The highest BCUT2D eigenvalue weighted by Crippen LogP contribution is 2.23. The number of aliphatic hydroxyl groups is 1. The minimum Gasteiger partial charge on any atom is -0.508 e. The maximum absolute atomic E-state index is 10.1. The van der Waals surface area contributed by atoms with Gasteiger partial charge in [-0.05, 0) is 23.4 Å². The van der Waals surface area contributed by atoms with Crippen LogP contribution in [0.15, 0.2) is 23.4 Å². The zero-order chi connectivity index (χ0) is 10.3. The van der Waals surface area contributed by atoms with Gasteiger partial charge in [0.05, 0.1) is 6.61 Å². The van der Waals surface area contributed by atoms with Crippen molar-refractivity contribution in [1.29, 1.82) is 0 Å². The molecule has 1 aromatic rings. The lowest BCUT2D eigenvalue weighted by Crippen LogP contribution is -1.82. The van der Waals surface area contributed by atoms with Crippen LogP contribution in [0.1, 0.15) is 19.4 Å². The largest absolute Gasteiger partial charge is 0.508 e. The molecule has 0 fully saturated rings. The normalized spacial score (nSPS) is 8.54. The minimum atomic E-state index is -0.296. The van der Waals surface area contributed by atoms with Crippen molar-refractivity contribution in [2.24, 2.45) is 5.18 Å². The van der Waals surface area contributed by atoms with Crippen molar-refractivity contribution in [3.63, 3.8) is 0 Å². The first kappa shape index (κ1) is 11.6. The summed E-state index contributed by atoms with van der Waals surface area (Å²) in [4.78, 5) is 10.1. The minimum absolute atomic E-state index is 0.0152. The predicted octanol–water partition coefficient (Wildman–Crippen LogP) is 2.31. The van der Waals surface area contributed by atoms with Gasteiger partial charge in [-0.25, -0.2) is 0 Å². The van der Waals surface area contributed by atoms with Crippen molar-refractivity contribution in [3.8, 4) is 5.75 Å². The lowest BCUT2D eigenvalue weighted by atomic mass is 10.2. The maximum Gasteiger partial charge on any atom is 0.116 e. The van der Waals surface area contributed by atoms with Crippen LogP contribution in [0.5, 0.6) is 5.75 Å². The zero-order valence-corrected chi connectivity index (χ0v) is 7.69. The molecule has 0 aliphatic heterocycles. The molecule has 4 nitrogen and oxygen atoms in total. The van der Waals surface area contributed by atoms with E-state index in [1.165, 1.54) is 18.2 Å².